The van der Waals surface area contributed by atoms with Crippen molar-refractivity contribution in [2.45, 2.75) is 0 Å². The summed E-state index contributed by atoms with van der Waals surface area (Å²) in [7, 11) is 2.98. The van der Waals surface area contributed by atoms with Gasteiger partial charge in [-0.05, 0) is 0 Å². The topological polar surface area (TPSA) is 84.0 Å². The zero-order chi connectivity index (χ0) is 10.6. The van der Waals surface area contributed by atoms with E-state index < -0.39 is 0 Å². The molecule has 1 heterocycles. The maximum Gasteiger partial charge on any atom is 0.269 e. The lowest BCUT2D eigenvalue weighted by molar-refractivity contribution is 0.0957. The number of nitrogens with zero attached hydrogens (tertiary/aromatic N) is 2. The van der Waals surface area contributed by atoms with Gasteiger partial charge < -0.3 is 10.6 Å². The Morgan fingerprint density at radius 1 is 1.07 bits per heavy atom. The minimum atomic E-state index is -0.349. The van der Waals surface area contributed by atoms with Crippen LogP contribution in [0.2, 0.25) is 0 Å². The summed E-state index contributed by atoms with van der Waals surface area (Å²) >= 11 is 0. The summed E-state index contributed by atoms with van der Waals surface area (Å²) in [6.45, 7) is 0. The van der Waals surface area contributed by atoms with E-state index in [1.165, 1.54) is 26.5 Å². The highest BCUT2D eigenvalue weighted by Gasteiger charge is 2.10. The van der Waals surface area contributed by atoms with Gasteiger partial charge in [-0.2, -0.15) is 0 Å². The number of rotatable bonds is 2. The number of carbonyl (C=O) groups is 2. The lowest BCUT2D eigenvalue weighted by Gasteiger charge is -2.00. The number of hydrogen-bond acceptors (Lipinski definition) is 4. The molecule has 0 saturated heterocycles. The standard InChI is InChI=1S/C8H10N4O2/c1-9-7(13)5-3-6(8(14)10-2)12-4-11-5/h3-4H,1-2H3,(H,9,13)(H,10,14). The van der Waals surface area contributed by atoms with Gasteiger partial charge in [0.2, 0.25) is 0 Å². The number of aromatic nitrogens is 2. The third-order valence-corrected chi connectivity index (χ3v) is 1.59. The third kappa shape index (κ3) is 2.03. The van der Waals surface area contributed by atoms with Crippen molar-refractivity contribution in [3.05, 3.63) is 23.8 Å². The van der Waals surface area contributed by atoms with Crippen LogP contribution in [0, 0.1) is 0 Å². The molecule has 0 bridgehead atoms. The van der Waals surface area contributed by atoms with E-state index in [1.54, 1.807) is 0 Å². The predicted octanol–water partition coefficient (Wildman–Crippen LogP) is -0.804. The van der Waals surface area contributed by atoms with E-state index in [2.05, 4.69) is 20.6 Å². The highest BCUT2D eigenvalue weighted by atomic mass is 16.2. The first-order chi connectivity index (χ1) is 6.69. The molecule has 0 radical (unpaired) electrons. The van der Waals surface area contributed by atoms with E-state index in [0.717, 1.165) is 0 Å². The zero-order valence-electron chi connectivity index (χ0n) is 7.87. The molecule has 0 atom stereocenters. The van der Waals surface area contributed by atoms with Crippen LogP contribution in [0.4, 0.5) is 0 Å². The normalized spacial score (nSPS) is 9.29. The van der Waals surface area contributed by atoms with E-state index in [-0.39, 0.29) is 23.2 Å². The number of carbonyl (C=O) groups excluding carboxylic acids is 2. The second-order valence-electron chi connectivity index (χ2n) is 2.45. The van der Waals surface area contributed by atoms with Crippen LogP contribution in [0.15, 0.2) is 12.4 Å². The Kier molecular flexibility index (Phi) is 3.11. The molecule has 0 aliphatic rings. The summed E-state index contributed by atoms with van der Waals surface area (Å²) in [6, 6.07) is 1.33. The van der Waals surface area contributed by atoms with Gasteiger partial charge in [-0.1, -0.05) is 0 Å². The van der Waals surface area contributed by atoms with Crippen LogP contribution in [0.3, 0.4) is 0 Å². The Morgan fingerprint density at radius 2 is 1.50 bits per heavy atom. The van der Waals surface area contributed by atoms with Gasteiger partial charge in [-0.25, -0.2) is 9.97 Å². The van der Waals surface area contributed by atoms with Crippen molar-refractivity contribution < 1.29 is 9.59 Å². The molecule has 0 fully saturated rings. The van der Waals surface area contributed by atoms with Gasteiger partial charge in [0.05, 0.1) is 0 Å². The van der Waals surface area contributed by atoms with E-state index in [4.69, 9.17) is 0 Å². The van der Waals surface area contributed by atoms with Crippen molar-refractivity contribution in [3.8, 4) is 0 Å². The molecule has 2 amide bonds. The Hall–Kier alpha value is -1.98. The average molecular weight is 194 g/mol. The lowest BCUT2D eigenvalue weighted by Crippen LogP contribution is -2.23. The summed E-state index contributed by atoms with van der Waals surface area (Å²) in [5.74, 6) is -0.699. The van der Waals surface area contributed by atoms with Gasteiger partial charge >= 0.3 is 0 Å². The maximum absolute atomic E-state index is 11.1. The van der Waals surface area contributed by atoms with Crippen LogP contribution in [-0.2, 0) is 0 Å². The van der Waals surface area contributed by atoms with E-state index in [9.17, 15) is 9.59 Å². The van der Waals surface area contributed by atoms with Crippen molar-refractivity contribution in [2.24, 2.45) is 0 Å². The van der Waals surface area contributed by atoms with Gasteiger partial charge in [-0.3, -0.25) is 9.59 Å². The Morgan fingerprint density at radius 3 is 1.86 bits per heavy atom. The molecule has 2 N–H and O–H groups in total. The van der Waals surface area contributed by atoms with E-state index in [1.807, 2.05) is 0 Å². The van der Waals surface area contributed by atoms with Crippen molar-refractivity contribution in [2.75, 3.05) is 14.1 Å². The number of hydrogen-bond donors (Lipinski definition) is 2. The molecule has 74 valence electrons. The monoisotopic (exact) mass is 194 g/mol. The van der Waals surface area contributed by atoms with Crippen LogP contribution < -0.4 is 10.6 Å². The van der Waals surface area contributed by atoms with Crippen LogP contribution in [-0.4, -0.2) is 35.9 Å². The molecule has 6 heteroatoms. The fourth-order valence-corrected chi connectivity index (χ4v) is 0.862. The van der Waals surface area contributed by atoms with Crippen LogP contribution in [0.5, 0.6) is 0 Å². The fourth-order valence-electron chi connectivity index (χ4n) is 0.862. The zero-order valence-corrected chi connectivity index (χ0v) is 7.87. The first-order valence-corrected chi connectivity index (χ1v) is 3.95. The molecule has 14 heavy (non-hydrogen) atoms. The summed E-state index contributed by atoms with van der Waals surface area (Å²) in [4.78, 5) is 29.7. The van der Waals surface area contributed by atoms with Gasteiger partial charge in [0.15, 0.2) is 0 Å². The molecule has 0 saturated carbocycles. The second kappa shape index (κ2) is 4.31. The molecule has 0 aromatic carbocycles. The molecule has 0 aliphatic heterocycles. The maximum atomic E-state index is 11.1. The highest BCUT2D eigenvalue weighted by Crippen LogP contribution is 1.97. The Bertz CT molecular complexity index is 333. The van der Waals surface area contributed by atoms with Crippen LogP contribution in [0.1, 0.15) is 21.0 Å². The summed E-state index contributed by atoms with van der Waals surface area (Å²) < 4.78 is 0. The Labute approximate surface area is 80.8 Å². The van der Waals surface area contributed by atoms with Gasteiger partial charge in [-0.15, -0.1) is 0 Å². The molecule has 0 aliphatic carbocycles. The van der Waals surface area contributed by atoms with E-state index >= 15 is 0 Å². The second-order valence-corrected chi connectivity index (χ2v) is 2.45. The van der Waals surface area contributed by atoms with Gasteiger partial charge in [0.1, 0.15) is 17.7 Å². The summed E-state index contributed by atoms with van der Waals surface area (Å²) in [5.41, 5.74) is 0.335. The molecular formula is C8H10N4O2. The first-order valence-electron chi connectivity index (χ1n) is 3.95. The van der Waals surface area contributed by atoms with E-state index in [0.29, 0.717) is 0 Å². The fraction of sp³-hybridized carbons (Fsp3) is 0.250. The molecule has 1 aromatic heterocycles. The minimum Gasteiger partial charge on any atom is -0.354 e. The molecule has 0 unspecified atom stereocenters. The molecule has 1 aromatic rings. The summed E-state index contributed by atoms with van der Waals surface area (Å²) in [5, 5.41) is 4.81. The minimum absolute atomic E-state index is 0.168. The summed E-state index contributed by atoms with van der Waals surface area (Å²) in [6.07, 6.45) is 1.18. The molecule has 1 rings (SSSR count). The first kappa shape index (κ1) is 10.1. The largest absolute Gasteiger partial charge is 0.354 e. The average Bonchev–Trinajstić information content (AvgIpc) is 2.27. The van der Waals surface area contributed by atoms with Crippen molar-refractivity contribution in [1.82, 2.24) is 20.6 Å². The lowest BCUT2D eigenvalue weighted by atomic mass is 10.3. The number of amides is 2. The highest BCUT2D eigenvalue weighted by molar-refractivity contribution is 5.96. The third-order valence-electron chi connectivity index (χ3n) is 1.59. The molecule has 6 nitrogen and oxygen atoms in total. The molecular weight excluding hydrogens is 184 g/mol. The predicted molar refractivity (Wildman–Crippen MR) is 48.8 cm³/mol. The van der Waals surface area contributed by atoms with Gasteiger partial charge in [0, 0.05) is 20.2 Å². The SMILES string of the molecule is CNC(=O)c1cc(C(=O)NC)ncn1. The van der Waals surface area contributed by atoms with Crippen molar-refractivity contribution >= 4 is 11.8 Å². The smallest absolute Gasteiger partial charge is 0.269 e. The van der Waals surface area contributed by atoms with Crippen molar-refractivity contribution in [1.29, 1.82) is 0 Å². The molecule has 0 spiro atoms. The Balaban J connectivity index is 3.01. The quantitative estimate of drug-likeness (QED) is 0.645. The van der Waals surface area contributed by atoms with Gasteiger partial charge in [0.25, 0.3) is 11.8 Å². The van der Waals surface area contributed by atoms with Crippen molar-refractivity contribution in [3.63, 3.8) is 0 Å². The number of nitrogens with one attached hydrogen (secondary N) is 2. The van der Waals surface area contributed by atoms with Crippen LogP contribution in [0.25, 0.3) is 0 Å². The van der Waals surface area contributed by atoms with Crippen LogP contribution >= 0.6 is 0 Å².